The molecule has 0 spiro atoms. The molecular weight excluding hydrogens is 268 g/mol. The van der Waals surface area contributed by atoms with Crippen LogP contribution in [0.3, 0.4) is 0 Å². The molecule has 2 aromatic rings. The lowest BCUT2D eigenvalue weighted by atomic mass is 10.0. The van der Waals surface area contributed by atoms with E-state index in [9.17, 15) is 5.11 Å². The van der Waals surface area contributed by atoms with E-state index >= 15 is 0 Å². The largest absolute Gasteiger partial charge is 0.507 e. The average molecular weight is 286 g/mol. The fourth-order valence-electron chi connectivity index (χ4n) is 2.02. The lowest BCUT2D eigenvalue weighted by molar-refractivity contribution is 0.468. The third-order valence-electron chi connectivity index (χ3n) is 2.96. The van der Waals surface area contributed by atoms with E-state index in [1.165, 1.54) is 0 Å². The third kappa shape index (κ3) is 3.56. The minimum absolute atomic E-state index is 0.217. The number of para-hydroxylation sites is 1. The summed E-state index contributed by atoms with van der Waals surface area (Å²) < 4.78 is 0. The van der Waals surface area contributed by atoms with Crippen LogP contribution in [0.15, 0.2) is 48.5 Å². The molecule has 0 saturated heterocycles. The minimum atomic E-state index is -0.250. The number of thiocarbonyl (C=S) groups is 1. The number of nitrogens with one attached hydrogen (secondary N) is 1. The highest BCUT2D eigenvalue weighted by atomic mass is 32.1. The quantitative estimate of drug-likeness (QED) is 0.597. The van der Waals surface area contributed by atoms with E-state index in [1.807, 2.05) is 42.5 Å². The van der Waals surface area contributed by atoms with Crippen LogP contribution in [0.25, 0.3) is 0 Å². The van der Waals surface area contributed by atoms with Gasteiger partial charge in [-0.25, -0.2) is 0 Å². The molecule has 0 aliphatic heterocycles. The van der Waals surface area contributed by atoms with Crippen molar-refractivity contribution < 1.29 is 5.11 Å². The number of hydrogen-bond donors (Lipinski definition) is 3. The van der Waals surface area contributed by atoms with Crippen LogP contribution < -0.4 is 11.1 Å². The van der Waals surface area contributed by atoms with Crippen LogP contribution in [0.5, 0.6) is 5.75 Å². The smallest absolute Gasteiger partial charge is 0.129 e. The van der Waals surface area contributed by atoms with Gasteiger partial charge in [0.25, 0.3) is 0 Å². The Morgan fingerprint density at radius 2 is 1.90 bits per heavy atom. The van der Waals surface area contributed by atoms with E-state index in [4.69, 9.17) is 18.0 Å². The van der Waals surface area contributed by atoms with E-state index in [1.54, 1.807) is 13.0 Å². The molecule has 0 bridgehead atoms. The number of hydrogen-bond acceptors (Lipinski definition) is 3. The molecule has 0 unspecified atom stereocenters. The van der Waals surface area contributed by atoms with Gasteiger partial charge in [0, 0.05) is 6.42 Å². The monoisotopic (exact) mass is 286 g/mol. The molecule has 20 heavy (non-hydrogen) atoms. The molecule has 0 heterocycles. The zero-order valence-corrected chi connectivity index (χ0v) is 12.2. The summed E-state index contributed by atoms with van der Waals surface area (Å²) in [5.41, 5.74) is 8.27. The fourth-order valence-corrected chi connectivity index (χ4v) is 2.37. The van der Waals surface area contributed by atoms with Crippen LogP contribution in [-0.2, 0) is 6.42 Å². The highest BCUT2D eigenvalue weighted by Crippen LogP contribution is 2.25. The molecule has 104 valence electrons. The first-order chi connectivity index (χ1) is 9.58. The van der Waals surface area contributed by atoms with Gasteiger partial charge in [0.1, 0.15) is 10.7 Å². The van der Waals surface area contributed by atoms with Crippen LogP contribution in [-0.4, -0.2) is 16.3 Å². The summed E-state index contributed by atoms with van der Waals surface area (Å²) in [4.78, 5) is 0.465. The van der Waals surface area contributed by atoms with Gasteiger partial charge in [-0.1, -0.05) is 54.7 Å². The Kier molecular flexibility index (Phi) is 4.71. The first-order valence-corrected chi connectivity index (χ1v) is 6.90. The Balaban J connectivity index is 2.26. The SMILES string of the molecule is C[C@@H](N)NC(=S)c1cccc(Cc2ccccc2)c1O. The van der Waals surface area contributed by atoms with Crippen molar-refractivity contribution in [2.75, 3.05) is 0 Å². The van der Waals surface area contributed by atoms with E-state index < -0.39 is 0 Å². The molecule has 4 heteroatoms. The predicted octanol–water partition coefficient (Wildman–Crippen LogP) is 2.55. The summed E-state index contributed by atoms with van der Waals surface area (Å²) >= 11 is 5.26. The fraction of sp³-hybridized carbons (Fsp3) is 0.188. The Bertz CT molecular complexity index is 597. The van der Waals surface area contributed by atoms with Gasteiger partial charge >= 0.3 is 0 Å². The lowest BCUT2D eigenvalue weighted by Crippen LogP contribution is -2.38. The highest BCUT2D eigenvalue weighted by Gasteiger charge is 2.12. The van der Waals surface area contributed by atoms with Crippen LogP contribution in [0.4, 0.5) is 0 Å². The second-order valence-corrected chi connectivity index (χ2v) is 5.15. The van der Waals surface area contributed by atoms with Crippen molar-refractivity contribution in [3.63, 3.8) is 0 Å². The zero-order chi connectivity index (χ0) is 14.5. The van der Waals surface area contributed by atoms with E-state index in [-0.39, 0.29) is 11.9 Å². The number of phenols is 1. The second kappa shape index (κ2) is 6.50. The minimum Gasteiger partial charge on any atom is -0.507 e. The van der Waals surface area contributed by atoms with Gasteiger partial charge in [-0.3, -0.25) is 0 Å². The molecular formula is C16H18N2OS. The van der Waals surface area contributed by atoms with Crippen LogP contribution in [0.2, 0.25) is 0 Å². The van der Waals surface area contributed by atoms with E-state index in [2.05, 4.69) is 5.32 Å². The highest BCUT2D eigenvalue weighted by molar-refractivity contribution is 7.80. The van der Waals surface area contributed by atoms with Gasteiger partial charge in [-0.2, -0.15) is 0 Å². The van der Waals surface area contributed by atoms with Crippen molar-refractivity contribution in [2.45, 2.75) is 19.5 Å². The first kappa shape index (κ1) is 14.5. The normalized spacial score (nSPS) is 11.9. The number of phenolic OH excluding ortho intramolecular Hbond substituents is 1. The van der Waals surface area contributed by atoms with Gasteiger partial charge in [0.05, 0.1) is 11.7 Å². The van der Waals surface area contributed by atoms with Gasteiger partial charge in [0.15, 0.2) is 0 Å². The number of nitrogens with two attached hydrogens (primary N) is 1. The number of benzene rings is 2. The molecule has 0 saturated carbocycles. The summed E-state index contributed by atoms with van der Waals surface area (Å²) in [6.45, 7) is 1.80. The maximum absolute atomic E-state index is 10.4. The van der Waals surface area contributed by atoms with Crippen molar-refractivity contribution in [1.29, 1.82) is 0 Å². The molecule has 3 nitrogen and oxygen atoms in total. The average Bonchev–Trinajstić information content (AvgIpc) is 2.41. The molecule has 1 atom stereocenters. The Morgan fingerprint density at radius 3 is 2.55 bits per heavy atom. The molecule has 4 N–H and O–H groups in total. The summed E-state index contributed by atoms with van der Waals surface area (Å²) in [5.74, 6) is 0.217. The summed E-state index contributed by atoms with van der Waals surface area (Å²) in [6, 6.07) is 15.6. The second-order valence-electron chi connectivity index (χ2n) is 4.74. The van der Waals surface area contributed by atoms with Crippen molar-refractivity contribution in [3.8, 4) is 5.75 Å². The van der Waals surface area contributed by atoms with Crippen LogP contribution in [0, 0.1) is 0 Å². The van der Waals surface area contributed by atoms with Crippen LogP contribution in [0.1, 0.15) is 23.6 Å². The predicted molar refractivity (Wildman–Crippen MR) is 85.8 cm³/mol. The summed E-state index contributed by atoms with van der Waals surface area (Å²) in [5, 5.41) is 13.3. The van der Waals surface area contributed by atoms with E-state index in [0.29, 0.717) is 17.0 Å². The zero-order valence-electron chi connectivity index (χ0n) is 11.3. The maximum atomic E-state index is 10.4. The van der Waals surface area contributed by atoms with E-state index in [0.717, 1.165) is 11.1 Å². The number of rotatable bonds is 4. The third-order valence-corrected chi connectivity index (χ3v) is 3.30. The van der Waals surface area contributed by atoms with Gasteiger partial charge in [-0.05, 0) is 24.1 Å². The Hall–Kier alpha value is -1.91. The van der Waals surface area contributed by atoms with Gasteiger partial charge < -0.3 is 16.2 Å². The van der Waals surface area contributed by atoms with Gasteiger partial charge in [0.2, 0.25) is 0 Å². The molecule has 2 rings (SSSR count). The van der Waals surface area contributed by atoms with Crippen molar-refractivity contribution >= 4 is 17.2 Å². The summed E-state index contributed by atoms with van der Waals surface area (Å²) in [7, 11) is 0. The molecule has 0 aromatic heterocycles. The van der Waals surface area contributed by atoms with Crippen LogP contribution >= 0.6 is 12.2 Å². The lowest BCUT2D eigenvalue weighted by Gasteiger charge is -2.14. The molecule has 0 aliphatic carbocycles. The molecule has 0 radical (unpaired) electrons. The number of aromatic hydroxyl groups is 1. The van der Waals surface area contributed by atoms with Crippen molar-refractivity contribution in [3.05, 3.63) is 65.2 Å². The van der Waals surface area contributed by atoms with Gasteiger partial charge in [-0.15, -0.1) is 0 Å². The Labute approximate surface area is 124 Å². The molecule has 0 fully saturated rings. The van der Waals surface area contributed by atoms with Crippen molar-refractivity contribution in [1.82, 2.24) is 5.32 Å². The summed E-state index contributed by atoms with van der Waals surface area (Å²) in [6.07, 6.45) is 0.418. The maximum Gasteiger partial charge on any atom is 0.129 e. The molecule has 0 aliphatic rings. The topological polar surface area (TPSA) is 58.3 Å². The Morgan fingerprint density at radius 1 is 1.20 bits per heavy atom. The standard InChI is InChI=1S/C16H18N2OS/c1-11(17)18-16(20)14-9-5-8-13(15(14)19)10-12-6-3-2-4-7-12/h2-9,11,19H,10,17H2,1H3,(H,18,20)/t11-/m0/s1. The first-order valence-electron chi connectivity index (χ1n) is 6.49. The van der Waals surface area contributed by atoms with Crippen molar-refractivity contribution in [2.24, 2.45) is 5.73 Å². The molecule has 2 aromatic carbocycles. The molecule has 0 amide bonds.